The topological polar surface area (TPSA) is 128 Å². The zero-order valence-corrected chi connectivity index (χ0v) is 48.0. The monoisotopic (exact) mass is 1010 g/mol. The number of amides is 1. The first-order valence-electron chi connectivity index (χ1n) is 31.9. The van der Waals surface area contributed by atoms with Crippen LogP contribution in [0.5, 0.6) is 0 Å². The van der Waals surface area contributed by atoms with Gasteiger partial charge in [0.1, 0.15) is 31.0 Å². The van der Waals surface area contributed by atoms with Gasteiger partial charge in [-0.3, -0.25) is 9.59 Å². The van der Waals surface area contributed by atoms with Crippen molar-refractivity contribution in [1.82, 2.24) is 4.90 Å². The zero-order valence-electron chi connectivity index (χ0n) is 48.0. The lowest BCUT2D eigenvalue weighted by Crippen LogP contribution is -2.50. The summed E-state index contributed by atoms with van der Waals surface area (Å²) in [7, 11) is 1.58. The third-order valence-corrected chi connectivity index (χ3v) is 15.4. The summed E-state index contributed by atoms with van der Waals surface area (Å²) in [6, 6.07) is 0. The summed E-state index contributed by atoms with van der Waals surface area (Å²) >= 11 is 0. The van der Waals surface area contributed by atoms with E-state index >= 15 is 0 Å². The van der Waals surface area contributed by atoms with Crippen LogP contribution in [-0.2, 0) is 14.3 Å². The maximum absolute atomic E-state index is 12.7. The quantitative estimate of drug-likeness (QED) is 0.0353. The number of carbonyl (C=O) groups is 2. The van der Waals surface area contributed by atoms with Crippen LogP contribution in [0.25, 0.3) is 0 Å². The summed E-state index contributed by atoms with van der Waals surface area (Å²) in [6.45, 7) is 3.95. The molecule has 0 rings (SSSR count). The molecular formula is C63H125NO7. The summed E-state index contributed by atoms with van der Waals surface area (Å²) in [6.07, 6.45) is 60.9. The predicted octanol–water partition coefficient (Wildman–Crippen LogP) is 17.8. The minimum atomic E-state index is -1.71. The average molecular weight is 1010 g/mol. The van der Waals surface area contributed by atoms with E-state index in [2.05, 4.69) is 13.8 Å². The van der Waals surface area contributed by atoms with E-state index in [-0.39, 0.29) is 18.9 Å². The largest absolute Gasteiger partial charge is 0.463 e. The van der Waals surface area contributed by atoms with Gasteiger partial charge in [0.15, 0.2) is 0 Å². The molecule has 8 heteroatoms. The van der Waals surface area contributed by atoms with E-state index in [4.69, 9.17) is 4.74 Å². The summed E-state index contributed by atoms with van der Waals surface area (Å²) in [4.78, 5) is 26.3. The molecule has 4 atom stereocenters. The molecule has 0 aliphatic rings. The van der Waals surface area contributed by atoms with Gasteiger partial charge in [-0.25, -0.2) is 0 Å². The molecule has 0 fully saturated rings. The van der Waals surface area contributed by atoms with Gasteiger partial charge in [0.2, 0.25) is 5.91 Å². The lowest BCUT2D eigenvalue weighted by Gasteiger charge is -2.29. The molecule has 0 heterocycles. The second kappa shape index (κ2) is 56.5. The number of hydrogen-bond acceptors (Lipinski definition) is 7. The molecule has 8 nitrogen and oxygen atoms in total. The molecule has 0 aliphatic heterocycles. The van der Waals surface area contributed by atoms with E-state index in [1.165, 1.54) is 287 Å². The first-order valence-corrected chi connectivity index (χ1v) is 31.9. The Hall–Kier alpha value is -1.22. The van der Waals surface area contributed by atoms with Crippen molar-refractivity contribution in [2.75, 3.05) is 20.2 Å². The molecule has 0 aliphatic carbocycles. The SMILES string of the molecule is CCCCCCCCCCCCCCCCCCCCCCCCCCCC(=O)OC[C@@H](O)[C@@H](O)[C@H](O)[C@@H](O)CN(C)C(=O)CCCCCCCCCCCCCCCCCCCCCCCCCCC. The fourth-order valence-electron chi connectivity index (χ4n) is 10.3. The van der Waals surface area contributed by atoms with Crippen molar-refractivity contribution < 1.29 is 34.8 Å². The van der Waals surface area contributed by atoms with Crippen molar-refractivity contribution in [2.24, 2.45) is 0 Å². The van der Waals surface area contributed by atoms with E-state index < -0.39 is 37.0 Å². The van der Waals surface area contributed by atoms with Crippen LogP contribution < -0.4 is 0 Å². The third-order valence-electron chi connectivity index (χ3n) is 15.4. The fraction of sp³-hybridized carbons (Fsp3) is 0.968. The Kier molecular flexibility index (Phi) is 55.5. The molecular weight excluding hydrogens is 883 g/mol. The zero-order chi connectivity index (χ0) is 51.9. The van der Waals surface area contributed by atoms with Crippen LogP contribution in [-0.4, -0.2) is 81.8 Å². The van der Waals surface area contributed by atoms with Crippen molar-refractivity contribution >= 4 is 11.9 Å². The van der Waals surface area contributed by atoms with Crippen LogP contribution in [0.2, 0.25) is 0 Å². The average Bonchev–Trinajstić information content (AvgIpc) is 3.37. The van der Waals surface area contributed by atoms with Crippen molar-refractivity contribution in [3.05, 3.63) is 0 Å². The summed E-state index contributed by atoms with van der Waals surface area (Å²) in [5.74, 6) is -0.563. The summed E-state index contributed by atoms with van der Waals surface area (Å²) in [5, 5.41) is 41.8. The van der Waals surface area contributed by atoms with Crippen molar-refractivity contribution in [3.8, 4) is 0 Å². The Bertz CT molecular complexity index is 1080. The molecule has 0 saturated carbocycles. The lowest BCUT2D eigenvalue weighted by atomic mass is 10.0. The van der Waals surface area contributed by atoms with E-state index in [9.17, 15) is 30.0 Å². The number of ether oxygens (including phenoxy) is 1. The number of esters is 1. The Morgan fingerprint density at radius 3 is 0.789 bits per heavy atom. The number of rotatable bonds is 59. The first-order chi connectivity index (χ1) is 34.7. The summed E-state index contributed by atoms with van der Waals surface area (Å²) in [5.41, 5.74) is 0. The van der Waals surface area contributed by atoms with Gasteiger partial charge < -0.3 is 30.1 Å². The minimum Gasteiger partial charge on any atom is -0.463 e. The first kappa shape index (κ1) is 69.8. The van der Waals surface area contributed by atoms with Gasteiger partial charge in [0.05, 0.1) is 0 Å². The smallest absolute Gasteiger partial charge is 0.305 e. The van der Waals surface area contributed by atoms with Gasteiger partial charge in [0.25, 0.3) is 0 Å². The van der Waals surface area contributed by atoms with E-state index in [1.807, 2.05) is 0 Å². The highest BCUT2D eigenvalue weighted by molar-refractivity contribution is 5.75. The molecule has 0 saturated heterocycles. The number of nitrogens with zero attached hydrogens (tertiary/aromatic N) is 1. The molecule has 424 valence electrons. The Morgan fingerprint density at radius 2 is 0.535 bits per heavy atom. The highest BCUT2D eigenvalue weighted by atomic mass is 16.5. The Labute approximate surface area is 442 Å². The molecule has 71 heavy (non-hydrogen) atoms. The number of hydrogen-bond donors (Lipinski definition) is 4. The Balaban J connectivity index is 3.62. The standard InChI is InChI=1S/C63H125NO7/c1-4-6-8-10-12-14-16-18-20-22-24-26-28-30-32-34-36-38-40-42-44-46-48-50-52-54-60(67)64(3)56-58(65)62(69)63(70)59(66)57-71-61(68)55-53-51-49-47-45-43-41-39-37-35-33-31-29-27-25-23-21-19-17-15-13-11-9-7-5-2/h58-59,62-63,65-66,69-70H,4-57H2,1-3H3/t58-,59+,62+,63+/m0/s1. The highest BCUT2D eigenvalue weighted by Crippen LogP contribution is 2.19. The third kappa shape index (κ3) is 50.7. The van der Waals surface area contributed by atoms with Crippen molar-refractivity contribution in [1.29, 1.82) is 0 Å². The van der Waals surface area contributed by atoms with Gasteiger partial charge in [0, 0.05) is 26.4 Å². The maximum Gasteiger partial charge on any atom is 0.305 e. The van der Waals surface area contributed by atoms with Crippen LogP contribution in [0.4, 0.5) is 0 Å². The van der Waals surface area contributed by atoms with Gasteiger partial charge >= 0.3 is 5.97 Å². The van der Waals surface area contributed by atoms with Crippen LogP contribution in [0.3, 0.4) is 0 Å². The van der Waals surface area contributed by atoms with Crippen LogP contribution in [0, 0.1) is 0 Å². The van der Waals surface area contributed by atoms with Crippen LogP contribution in [0.1, 0.15) is 348 Å². The second-order valence-electron chi connectivity index (χ2n) is 22.5. The normalized spacial score (nSPS) is 13.4. The molecule has 0 aromatic heterocycles. The number of aliphatic hydroxyl groups is 4. The van der Waals surface area contributed by atoms with Crippen molar-refractivity contribution in [2.45, 2.75) is 372 Å². The van der Waals surface area contributed by atoms with E-state index in [1.54, 1.807) is 7.05 Å². The van der Waals surface area contributed by atoms with Gasteiger partial charge in [-0.15, -0.1) is 0 Å². The molecule has 0 aromatic rings. The molecule has 1 amide bonds. The van der Waals surface area contributed by atoms with Gasteiger partial charge in [-0.1, -0.05) is 322 Å². The van der Waals surface area contributed by atoms with Gasteiger partial charge in [-0.05, 0) is 12.8 Å². The molecule has 0 unspecified atom stereocenters. The molecule has 0 spiro atoms. The molecule has 0 bridgehead atoms. The lowest BCUT2D eigenvalue weighted by molar-refractivity contribution is -0.156. The van der Waals surface area contributed by atoms with E-state index in [0.717, 1.165) is 38.5 Å². The maximum atomic E-state index is 12.7. The van der Waals surface area contributed by atoms with Crippen molar-refractivity contribution in [3.63, 3.8) is 0 Å². The minimum absolute atomic E-state index is 0.120. The highest BCUT2D eigenvalue weighted by Gasteiger charge is 2.32. The van der Waals surface area contributed by atoms with E-state index in [0.29, 0.717) is 6.42 Å². The number of aliphatic hydroxyl groups excluding tert-OH is 4. The molecule has 0 radical (unpaired) electrons. The fourth-order valence-corrected chi connectivity index (χ4v) is 10.3. The number of likely N-dealkylation sites (N-methyl/N-ethyl adjacent to an activating group) is 1. The predicted molar refractivity (Wildman–Crippen MR) is 304 cm³/mol. The Morgan fingerprint density at radius 1 is 0.324 bits per heavy atom. The molecule has 4 N–H and O–H groups in total. The number of unbranched alkanes of at least 4 members (excludes halogenated alkanes) is 48. The summed E-state index contributed by atoms with van der Waals surface area (Å²) < 4.78 is 5.16. The van der Waals surface area contributed by atoms with Crippen LogP contribution >= 0.6 is 0 Å². The van der Waals surface area contributed by atoms with Crippen LogP contribution in [0.15, 0.2) is 0 Å². The van der Waals surface area contributed by atoms with Gasteiger partial charge in [-0.2, -0.15) is 0 Å². The number of carbonyl (C=O) groups excluding carboxylic acids is 2. The second-order valence-corrected chi connectivity index (χ2v) is 22.5. The molecule has 0 aromatic carbocycles.